The van der Waals surface area contributed by atoms with E-state index in [9.17, 15) is 8.42 Å². The third-order valence-corrected chi connectivity index (χ3v) is 6.26. The van der Waals surface area contributed by atoms with Gasteiger partial charge in [-0.25, -0.2) is 23.1 Å². The molecule has 0 fully saturated rings. The third-order valence-electron chi connectivity index (χ3n) is 4.56. The van der Waals surface area contributed by atoms with Crippen molar-refractivity contribution in [1.29, 1.82) is 0 Å². The van der Waals surface area contributed by atoms with Crippen LogP contribution in [-0.2, 0) is 10.0 Å². The van der Waals surface area contributed by atoms with Gasteiger partial charge in [-0.2, -0.15) is 0 Å². The number of sulfonamides is 1. The van der Waals surface area contributed by atoms with E-state index in [0.29, 0.717) is 5.11 Å². The molecule has 0 radical (unpaired) electrons. The van der Waals surface area contributed by atoms with Crippen molar-refractivity contribution in [2.24, 2.45) is 0 Å². The van der Waals surface area contributed by atoms with Gasteiger partial charge in [0.1, 0.15) is 0 Å². The Morgan fingerprint density at radius 3 is 2.07 bits per heavy atom. The van der Waals surface area contributed by atoms with Crippen LogP contribution in [0.15, 0.2) is 47.6 Å². The van der Waals surface area contributed by atoms with E-state index in [1.807, 2.05) is 0 Å². The molecular formula is C21H31N5O2S2. The van der Waals surface area contributed by atoms with Crippen molar-refractivity contribution >= 4 is 39.0 Å². The van der Waals surface area contributed by atoms with Crippen molar-refractivity contribution in [1.82, 2.24) is 14.9 Å². The van der Waals surface area contributed by atoms with Crippen LogP contribution in [0.1, 0.15) is 52.4 Å². The third kappa shape index (κ3) is 7.87. The van der Waals surface area contributed by atoms with Crippen molar-refractivity contribution < 1.29 is 8.42 Å². The maximum atomic E-state index is 12.5. The summed E-state index contributed by atoms with van der Waals surface area (Å²) in [5.41, 5.74) is 0.755. The molecule has 0 unspecified atom stereocenters. The molecule has 1 aromatic heterocycles. The number of nitrogens with zero attached hydrogens (tertiary/aromatic N) is 3. The lowest BCUT2D eigenvalue weighted by Crippen LogP contribution is -2.36. The topological polar surface area (TPSA) is 87.2 Å². The minimum absolute atomic E-state index is 0.0377. The largest absolute Gasteiger partial charge is 0.349 e. The summed E-state index contributed by atoms with van der Waals surface area (Å²) in [5.74, 6) is 0.0377. The summed E-state index contributed by atoms with van der Waals surface area (Å²) >= 11 is 5.62. The number of rotatable bonds is 12. The first-order chi connectivity index (χ1) is 14.5. The number of nitrogens with one attached hydrogen (secondary N) is 2. The summed E-state index contributed by atoms with van der Waals surface area (Å²) in [6.45, 7) is 6.23. The van der Waals surface area contributed by atoms with Crippen LogP contribution >= 0.6 is 12.2 Å². The van der Waals surface area contributed by atoms with E-state index in [1.165, 1.54) is 50.2 Å². The number of thiocarbonyl (C=S) groups is 1. The average molecular weight is 450 g/mol. The fraction of sp³-hybridized carbons (Fsp3) is 0.476. The Balaban J connectivity index is 2.00. The number of anilines is 2. The molecule has 1 aromatic carbocycles. The molecule has 2 N–H and O–H groups in total. The Morgan fingerprint density at radius 1 is 0.967 bits per heavy atom. The molecule has 0 atom stereocenters. The number of unbranched alkanes of at least 4 members (excludes halogenated alkanes) is 4. The lowest BCUT2D eigenvalue weighted by molar-refractivity contribution is 0.395. The van der Waals surface area contributed by atoms with Gasteiger partial charge in [0.2, 0.25) is 5.95 Å². The van der Waals surface area contributed by atoms with E-state index in [2.05, 4.69) is 38.8 Å². The average Bonchev–Trinajstić information content (AvgIpc) is 2.73. The summed E-state index contributed by atoms with van der Waals surface area (Å²) in [5, 5.41) is 3.92. The highest BCUT2D eigenvalue weighted by Crippen LogP contribution is 2.17. The van der Waals surface area contributed by atoms with E-state index in [-0.39, 0.29) is 10.8 Å². The van der Waals surface area contributed by atoms with Gasteiger partial charge in [-0.15, -0.1) is 0 Å². The van der Waals surface area contributed by atoms with Crippen LogP contribution in [0.3, 0.4) is 0 Å². The summed E-state index contributed by atoms with van der Waals surface area (Å²) < 4.78 is 27.3. The number of hydrogen-bond acceptors (Lipinski definition) is 5. The Morgan fingerprint density at radius 2 is 1.53 bits per heavy atom. The smallest absolute Gasteiger partial charge is 0.264 e. The van der Waals surface area contributed by atoms with Gasteiger partial charge in [0.05, 0.1) is 4.90 Å². The quantitative estimate of drug-likeness (QED) is 0.360. The van der Waals surface area contributed by atoms with E-state index >= 15 is 0 Å². The molecule has 0 saturated heterocycles. The zero-order chi connectivity index (χ0) is 21.8. The second-order valence-electron chi connectivity index (χ2n) is 7.03. The molecule has 0 bridgehead atoms. The van der Waals surface area contributed by atoms with Gasteiger partial charge < -0.3 is 10.2 Å². The van der Waals surface area contributed by atoms with Crippen LogP contribution in [0.25, 0.3) is 0 Å². The molecule has 0 amide bonds. The number of aromatic nitrogens is 2. The maximum absolute atomic E-state index is 12.5. The second-order valence-corrected chi connectivity index (χ2v) is 9.10. The Bertz CT molecular complexity index is 864. The van der Waals surface area contributed by atoms with Crippen LogP contribution in [0, 0.1) is 0 Å². The minimum Gasteiger partial charge on any atom is -0.349 e. The predicted octanol–water partition coefficient (Wildman–Crippen LogP) is 4.66. The molecule has 2 aromatic rings. The maximum Gasteiger partial charge on any atom is 0.264 e. The van der Waals surface area contributed by atoms with Crippen molar-refractivity contribution in [2.75, 3.05) is 23.1 Å². The highest BCUT2D eigenvalue weighted by molar-refractivity contribution is 7.92. The van der Waals surface area contributed by atoms with E-state index in [0.717, 1.165) is 31.6 Å². The van der Waals surface area contributed by atoms with Gasteiger partial charge in [-0.3, -0.25) is 0 Å². The van der Waals surface area contributed by atoms with Crippen LogP contribution in [0.4, 0.5) is 11.6 Å². The van der Waals surface area contributed by atoms with Gasteiger partial charge in [0.25, 0.3) is 10.0 Å². The predicted molar refractivity (Wildman–Crippen MR) is 126 cm³/mol. The Kier molecular flexibility index (Phi) is 9.96. The minimum atomic E-state index is -3.75. The normalized spacial score (nSPS) is 11.1. The molecule has 0 spiro atoms. The van der Waals surface area contributed by atoms with Gasteiger partial charge in [-0.1, -0.05) is 39.5 Å². The Labute approximate surface area is 185 Å². The molecule has 0 aliphatic carbocycles. The van der Waals surface area contributed by atoms with Crippen molar-refractivity contribution in [3.63, 3.8) is 0 Å². The highest BCUT2D eigenvalue weighted by Gasteiger charge is 2.16. The fourth-order valence-electron chi connectivity index (χ4n) is 2.87. The van der Waals surface area contributed by atoms with E-state index in [4.69, 9.17) is 12.2 Å². The van der Waals surface area contributed by atoms with Crippen LogP contribution in [0.5, 0.6) is 0 Å². The van der Waals surface area contributed by atoms with Crippen molar-refractivity contribution in [3.05, 3.63) is 42.7 Å². The Hall–Kier alpha value is -2.26. The zero-order valence-electron chi connectivity index (χ0n) is 17.7. The molecule has 0 aliphatic heterocycles. The first kappa shape index (κ1) is 24.0. The van der Waals surface area contributed by atoms with Crippen molar-refractivity contribution in [2.45, 2.75) is 57.3 Å². The van der Waals surface area contributed by atoms with Crippen LogP contribution < -0.4 is 10.0 Å². The SMILES string of the molecule is CCCCCN(CCCCC)C(=S)Nc1ccc(S(=O)(=O)Nc2ncccn2)cc1. The molecule has 0 saturated carbocycles. The molecule has 30 heavy (non-hydrogen) atoms. The van der Waals surface area contributed by atoms with E-state index in [1.54, 1.807) is 18.2 Å². The molecule has 9 heteroatoms. The van der Waals surface area contributed by atoms with Crippen LogP contribution in [0.2, 0.25) is 0 Å². The lowest BCUT2D eigenvalue weighted by atomic mass is 10.2. The lowest BCUT2D eigenvalue weighted by Gasteiger charge is -2.26. The van der Waals surface area contributed by atoms with Crippen molar-refractivity contribution in [3.8, 4) is 0 Å². The molecular weight excluding hydrogens is 418 g/mol. The van der Waals surface area contributed by atoms with Gasteiger partial charge in [0.15, 0.2) is 5.11 Å². The zero-order valence-corrected chi connectivity index (χ0v) is 19.3. The monoisotopic (exact) mass is 449 g/mol. The van der Waals surface area contributed by atoms with Gasteiger partial charge >= 0.3 is 0 Å². The van der Waals surface area contributed by atoms with Crippen LogP contribution in [-0.4, -0.2) is 41.5 Å². The second kappa shape index (κ2) is 12.4. The summed E-state index contributed by atoms with van der Waals surface area (Å²) in [6, 6.07) is 8.12. The summed E-state index contributed by atoms with van der Waals surface area (Å²) in [7, 11) is -3.75. The van der Waals surface area contributed by atoms with Gasteiger partial charge in [0, 0.05) is 31.2 Å². The summed E-state index contributed by atoms with van der Waals surface area (Å²) in [4.78, 5) is 10.1. The molecule has 1 heterocycles. The standard InChI is InChI=1S/C21H31N5O2S2/c1-3-5-7-16-26(17-8-6-4-2)21(29)24-18-10-12-19(13-11-18)30(27,28)25-20-22-14-9-15-23-20/h9-15H,3-8,16-17H2,1-2H3,(H,24,29)(H,22,23,25). The molecule has 7 nitrogen and oxygen atoms in total. The first-order valence-corrected chi connectivity index (χ1v) is 12.3. The summed E-state index contributed by atoms with van der Waals surface area (Å²) in [6.07, 6.45) is 9.86. The highest BCUT2D eigenvalue weighted by atomic mass is 32.2. The molecule has 2 rings (SSSR count). The molecule has 164 valence electrons. The first-order valence-electron chi connectivity index (χ1n) is 10.4. The number of hydrogen-bond donors (Lipinski definition) is 2. The van der Waals surface area contributed by atoms with Gasteiger partial charge in [-0.05, 0) is 55.4 Å². The number of benzene rings is 1. The van der Waals surface area contributed by atoms with E-state index < -0.39 is 10.0 Å². The molecule has 0 aliphatic rings. The fourth-order valence-corrected chi connectivity index (χ4v) is 4.13.